The molecular weight excluding hydrogens is 368 g/mol. The molecule has 0 aliphatic carbocycles. The van der Waals surface area contributed by atoms with E-state index in [1.54, 1.807) is 54.6 Å². The van der Waals surface area contributed by atoms with E-state index in [4.69, 9.17) is 10.5 Å². The van der Waals surface area contributed by atoms with E-state index in [-0.39, 0.29) is 23.9 Å². The van der Waals surface area contributed by atoms with E-state index < -0.39 is 5.97 Å². The molecule has 3 rings (SSSR count). The van der Waals surface area contributed by atoms with Gasteiger partial charge in [0.15, 0.2) is 12.4 Å². The average molecular weight is 388 g/mol. The van der Waals surface area contributed by atoms with Gasteiger partial charge in [0.25, 0.3) is 5.91 Å². The molecule has 3 N–H and O–H groups in total. The third-order valence-electron chi connectivity index (χ3n) is 4.27. The molecule has 0 saturated heterocycles. The van der Waals surface area contributed by atoms with Crippen LogP contribution < -0.4 is 11.1 Å². The molecule has 0 heterocycles. The maximum absolute atomic E-state index is 12.4. The number of rotatable bonds is 6. The minimum atomic E-state index is -0.652. The number of esters is 1. The molecule has 0 bridgehead atoms. The summed E-state index contributed by atoms with van der Waals surface area (Å²) in [7, 11) is 0. The monoisotopic (exact) mass is 388 g/mol. The van der Waals surface area contributed by atoms with Crippen LogP contribution in [0.15, 0.2) is 72.8 Å². The number of anilines is 2. The third kappa shape index (κ3) is 5.07. The summed E-state index contributed by atoms with van der Waals surface area (Å²) in [5, 5.41) is 2.70. The molecule has 0 aromatic heterocycles. The van der Waals surface area contributed by atoms with Crippen LogP contribution in [0.2, 0.25) is 0 Å². The zero-order valence-corrected chi connectivity index (χ0v) is 15.8. The van der Waals surface area contributed by atoms with Gasteiger partial charge in [-0.25, -0.2) is 4.79 Å². The second kappa shape index (κ2) is 8.84. The van der Waals surface area contributed by atoms with Gasteiger partial charge in [0.2, 0.25) is 0 Å². The first kappa shape index (κ1) is 19.8. The van der Waals surface area contributed by atoms with Crippen molar-refractivity contribution in [3.63, 3.8) is 0 Å². The molecular formula is C23H20N2O4. The number of Topliss-reactive ketones (excluding diaryl/α,β-unsaturated/α-hetero) is 1. The third-order valence-corrected chi connectivity index (χ3v) is 4.27. The van der Waals surface area contributed by atoms with Gasteiger partial charge >= 0.3 is 5.97 Å². The summed E-state index contributed by atoms with van der Waals surface area (Å²) in [5.74, 6) is -1.33. The number of carbonyl (C=O) groups excluding carboxylic acids is 3. The van der Waals surface area contributed by atoms with E-state index in [0.717, 1.165) is 5.56 Å². The Bertz CT molecular complexity index is 1060. The van der Waals surface area contributed by atoms with Gasteiger partial charge in [-0.1, -0.05) is 48.0 Å². The molecule has 3 aromatic rings. The molecule has 0 saturated carbocycles. The summed E-state index contributed by atoms with van der Waals surface area (Å²) in [4.78, 5) is 36.8. The van der Waals surface area contributed by atoms with Gasteiger partial charge in [0, 0.05) is 16.9 Å². The molecule has 1 amide bonds. The summed E-state index contributed by atoms with van der Waals surface area (Å²) >= 11 is 0. The number of amides is 1. The zero-order chi connectivity index (χ0) is 20.8. The highest BCUT2D eigenvalue weighted by atomic mass is 16.5. The van der Waals surface area contributed by atoms with Crippen molar-refractivity contribution in [2.24, 2.45) is 0 Å². The van der Waals surface area contributed by atoms with Crippen molar-refractivity contribution in [2.45, 2.75) is 6.92 Å². The van der Waals surface area contributed by atoms with Crippen molar-refractivity contribution in [3.05, 3.63) is 95.1 Å². The summed E-state index contributed by atoms with van der Waals surface area (Å²) in [6.45, 7) is 1.56. The molecule has 6 nitrogen and oxygen atoms in total. The van der Waals surface area contributed by atoms with Gasteiger partial charge in [0.1, 0.15) is 0 Å². The maximum atomic E-state index is 12.4. The number of nitrogens with one attached hydrogen (secondary N) is 1. The number of carbonyl (C=O) groups is 3. The number of nitrogen functional groups attached to an aromatic ring is 1. The summed E-state index contributed by atoms with van der Waals surface area (Å²) in [5.41, 5.74) is 8.65. The number of hydrogen-bond donors (Lipinski definition) is 2. The molecule has 0 atom stereocenters. The lowest BCUT2D eigenvalue weighted by molar-refractivity contribution is 0.0474. The van der Waals surface area contributed by atoms with Crippen molar-refractivity contribution in [1.29, 1.82) is 0 Å². The average Bonchev–Trinajstić information content (AvgIpc) is 2.72. The molecule has 6 heteroatoms. The Labute approximate surface area is 168 Å². The Morgan fingerprint density at radius 3 is 2.34 bits per heavy atom. The Hall–Kier alpha value is -3.93. The van der Waals surface area contributed by atoms with Crippen LogP contribution in [0, 0.1) is 6.92 Å². The molecule has 0 spiro atoms. The summed E-state index contributed by atoms with van der Waals surface area (Å²) in [6, 6.07) is 20.0. The van der Waals surface area contributed by atoms with E-state index in [1.165, 1.54) is 6.07 Å². The predicted octanol–water partition coefficient (Wildman–Crippen LogP) is 3.87. The molecule has 0 aliphatic heterocycles. The largest absolute Gasteiger partial charge is 0.454 e. The SMILES string of the molecule is Cc1ccc(C(=O)COC(=O)c2cccc(NC(=O)c3ccccc3N)c2)cc1. The highest BCUT2D eigenvalue weighted by Crippen LogP contribution is 2.16. The van der Waals surface area contributed by atoms with Crippen LogP contribution >= 0.6 is 0 Å². The number of nitrogens with two attached hydrogens (primary N) is 1. The fourth-order valence-corrected chi connectivity index (χ4v) is 2.66. The van der Waals surface area contributed by atoms with E-state index in [1.807, 2.05) is 19.1 Å². The fourth-order valence-electron chi connectivity index (χ4n) is 2.66. The van der Waals surface area contributed by atoms with E-state index in [0.29, 0.717) is 22.5 Å². The van der Waals surface area contributed by atoms with Crippen molar-refractivity contribution in [3.8, 4) is 0 Å². The predicted molar refractivity (Wildman–Crippen MR) is 111 cm³/mol. The van der Waals surface area contributed by atoms with Gasteiger partial charge in [-0.05, 0) is 37.3 Å². The lowest BCUT2D eigenvalue weighted by Gasteiger charge is -2.09. The Kier molecular flexibility index (Phi) is 6.04. The molecule has 0 radical (unpaired) electrons. The molecule has 0 unspecified atom stereocenters. The number of ketones is 1. The Morgan fingerprint density at radius 2 is 1.62 bits per heavy atom. The highest BCUT2D eigenvalue weighted by molar-refractivity contribution is 6.08. The van der Waals surface area contributed by atoms with E-state index in [9.17, 15) is 14.4 Å². The fraction of sp³-hybridized carbons (Fsp3) is 0.0870. The molecule has 29 heavy (non-hydrogen) atoms. The standard InChI is InChI=1S/C23H20N2O4/c1-15-9-11-16(12-10-15)21(26)14-29-23(28)17-5-4-6-18(13-17)25-22(27)19-7-2-3-8-20(19)24/h2-13H,14,24H2,1H3,(H,25,27). The lowest BCUT2D eigenvalue weighted by atomic mass is 10.1. The van der Waals surface area contributed by atoms with Gasteiger partial charge in [-0.3, -0.25) is 9.59 Å². The number of aryl methyl sites for hydroxylation is 1. The molecule has 146 valence electrons. The van der Waals surface area contributed by atoms with Crippen LogP contribution in [0.1, 0.15) is 36.6 Å². The van der Waals surface area contributed by atoms with Gasteiger partial charge in [-0.2, -0.15) is 0 Å². The topological polar surface area (TPSA) is 98.5 Å². The molecule has 0 fully saturated rings. The molecule has 3 aromatic carbocycles. The van der Waals surface area contributed by atoms with Crippen molar-refractivity contribution in [2.75, 3.05) is 17.7 Å². The normalized spacial score (nSPS) is 10.2. The number of para-hydroxylation sites is 1. The van der Waals surface area contributed by atoms with Crippen molar-refractivity contribution < 1.29 is 19.1 Å². The number of hydrogen-bond acceptors (Lipinski definition) is 5. The van der Waals surface area contributed by atoms with Gasteiger partial charge in [0.05, 0.1) is 11.1 Å². The first-order valence-corrected chi connectivity index (χ1v) is 8.97. The van der Waals surface area contributed by atoms with E-state index in [2.05, 4.69) is 5.32 Å². The van der Waals surface area contributed by atoms with Crippen LogP contribution in [0.4, 0.5) is 11.4 Å². The van der Waals surface area contributed by atoms with Crippen LogP contribution in [0.25, 0.3) is 0 Å². The second-order valence-electron chi connectivity index (χ2n) is 6.49. The Morgan fingerprint density at radius 1 is 0.897 bits per heavy atom. The minimum Gasteiger partial charge on any atom is -0.454 e. The van der Waals surface area contributed by atoms with Gasteiger partial charge in [-0.15, -0.1) is 0 Å². The van der Waals surface area contributed by atoms with Crippen LogP contribution in [-0.4, -0.2) is 24.3 Å². The van der Waals surface area contributed by atoms with Crippen LogP contribution in [0.5, 0.6) is 0 Å². The van der Waals surface area contributed by atoms with Gasteiger partial charge < -0.3 is 15.8 Å². The van der Waals surface area contributed by atoms with Crippen LogP contribution in [0.3, 0.4) is 0 Å². The smallest absolute Gasteiger partial charge is 0.338 e. The zero-order valence-electron chi connectivity index (χ0n) is 15.8. The second-order valence-corrected chi connectivity index (χ2v) is 6.49. The van der Waals surface area contributed by atoms with Crippen molar-refractivity contribution in [1.82, 2.24) is 0 Å². The quantitative estimate of drug-likeness (QED) is 0.379. The highest BCUT2D eigenvalue weighted by Gasteiger charge is 2.14. The van der Waals surface area contributed by atoms with E-state index >= 15 is 0 Å². The maximum Gasteiger partial charge on any atom is 0.338 e. The lowest BCUT2D eigenvalue weighted by Crippen LogP contribution is -2.16. The van der Waals surface area contributed by atoms with Crippen LogP contribution in [-0.2, 0) is 4.74 Å². The summed E-state index contributed by atoms with van der Waals surface area (Å²) < 4.78 is 5.12. The first-order chi connectivity index (χ1) is 13.9. The molecule has 0 aliphatic rings. The first-order valence-electron chi connectivity index (χ1n) is 8.97. The minimum absolute atomic E-state index is 0.223. The number of benzene rings is 3. The Balaban J connectivity index is 1.63. The number of ether oxygens (including phenoxy) is 1. The summed E-state index contributed by atoms with van der Waals surface area (Å²) in [6.07, 6.45) is 0. The van der Waals surface area contributed by atoms with Crippen molar-refractivity contribution >= 4 is 29.0 Å².